The Kier molecular flexibility index (Phi) is 5.06. The fourth-order valence-corrected chi connectivity index (χ4v) is 7.49. The van der Waals surface area contributed by atoms with Crippen molar-refractivity contribution in [3.8, 4) is 5.69 Å². The Hall–Kier alpha value is -3.57. The minimum absolute atomic E-state index is 0.00957. The molecular formula is C23H17FN2O6S2. The van der Waals surface area contributed by atoms with E-state index in [1.54, 1.807) is 30.3 Å². The first-order valence-corrected chi connectivity index (χ1v) is 12.6. The van der Waals surface area contributed by atoms with Gasteiger partial charge in [-0.25, -0.2) is 27.0 Å². The summed E-state index contributed by atoms with van der Waals surface area (Å²) in [6.45, 7) is 0. The molecule has 0 saturated heterocycles. The number of sulfone groups is 1. The number of thiophene rings is 1. The van der Waals surface area contributed by atoms with Crippen LogP contribution in [0.4, 0.5) is 4.39 Å². The van der Waals surface area contributed by atoms with Crippen LogP contribution in [0.15, 0.2) is 68.4 Å². The van der Waals surface area contributed by atoms with Crippen LogP contribution in [0.1, 0.15) is 34.5 Å². The van der Waals surface area contributed by atoms with E-state index in [4.69, 9.17) is 0 Å². The summed E-state index contributed by atoms with van der Waals surface area (Å²) in [5, 5.41) is 10.4. The first-order valence-electron chi connectivity index (χ1n) is 10.3. The van der Waals surface area contributed by atoms with Gasteiger partial charge < -0.3 is 10.1 Å². The van der Waals surface area contributed by atoms with E-state index < -0.39 is 43.3 Å². The highest BCUT2D eigenvalue weighted by molar-refractivity contribution is 7.92. The third-order valence-electron chi connectivity index (χ3n) is 6.29. The summed E-state index contributed by atoms with van der Waals surface area (Å²) < 4.78 is 41.6. The van der Waals surface area contributed by atoms with Crippen molar-refractivity contribution in [3.05, 3.63) is 91.0 Å². The molecule has 1 aliphatic carbocycles. The molecule has 11 heteroatoms. The predicted molar refractivity (Wildman–Crippen MR) is 124 cm³/mol. The van der Waals surface area contributed by atoms with Crippen molar-refractivity contribution in [3.63, 3.8) is 0 Å². The second-order valence-corrected chi connectivity index (χ2v) is 11.2. The van der Waals surface area contributed by atoms with Crippen LogP contribution in [-0.4, -0.2) is 29.0 Å². The van der Waals surface area contributed by atoms with E-state index in [1.807, 2.05) is 0 Å². The van der Waals surface area contributed by atoms with Crippen molar-refractivity contribution in [2.24, 2.45) is 0 Å². The number of nitrogens with zero attached hydrogens (tertiary/aromatic N) is 1. The number of hydrogen-bond donors (Lipinski definition) is 2. The van der Waals surface area contributed by atoms with Gasteiger partial charge in [0.05, 0.1) is 21.5 Å². The number of carboxylic acid groups (broad SMARTS) is 1. The molecule has 0 radical (unpaired) electrons. The highest BCUT2D eigenvalue weighted by Crippen LogP contribution is 2.50. The summed E-state index contributed by atoms with van der Waals surface area (Å²) in [6, 6.07) is 11.7. The number of carboxylic acids is 1. The van der Waals surface area contributed by atoms with E-state index in [1.165, 1.54) is 5.38 Å². The number of carbonyl (C=O) groups is 1. The van der Waals surface area contributed by atoms with E-state index in [0.717, 1.165) is 29.5 Å². The average molecular weight is 501 g/mol. The lowest BCUT2D eigenvalue weighted by Crippen LogP contribution is -2.42. The first-order chi connectivity index (χ1) is 16.2. The van der Waals surface area contributed by atoms with E-state index in [0.29, 0.717) is 29.4 Å². The Labute approximate surface area is 195 Å². The summed E-state index contributed by atoms with van der Waals surface area (Å²) in [4.78, 5) is 39.1. The highest BCUT2D eigenvalue weighted by atomic mass is 32.2. The van der Waals surface area contributed by atoms with Crippen LogP contribution < -0.4 is 11.2 Å². The molecule has 5 rings (SSSR count). The van der Waals surface area contributed by atoms with Crippen molar-refractivity contribution >= 4 is 38.0 Å². The number of H-pyrrole nitrogens is 1. The molecule has 174 valence electrons. The van der Waals surface area contributed by atoms with E-state index in [2.05, 4.69) is 4.98 Å². The standard InChI is InChI=1S/C23H17FN2O6S2/c24-15-8-7-14(34(31,32)23(9-4-10-23)13-5-2-1-3-6-13)11-17(15)26-20(27)18-16(25-22(26)30)12-33-19(18)21(28)29/h1-3,5-8,11-12H,4,9-10H2,(H,25,30)(H,28,29). The molecule has 8 nitrogen and oxygen atoms in total. The number of benzene rings is 2. The zero-order valence-corrected chi connectivity index (χ0v) is 19.1. The zero-order valence-electron chi connectivity index (χ0n) is 17.4. The Morgan fingerprint density at radius 2 is 1.82 bits per heavy atom. The Morgan fingerprint density at radius 1 is 1.12 bits per heavy atom. The normalized spacial score (nSPS) is 15.2. The fourth-order valence-electron chi connectivity index (χ4n) is 4.42. The van der Waals surface area contributed by atoms with Crippen molar-refractivity contribution in [2.45, 2.75) is 28.9 Å². The molecule has 1 saturated carbocycles. The molecule has 0 bridgehead atoms. The molecule has 34 heavy (non-hydrogen) atoms. The van der Waals surface area contributed by atoms with Gasteiger partial charge >= 0.3 is 11.7 Å². The lowest BCUT2D eigenvalue weighted by molar-refractivity contribution is 0.0704. The molecule has 1 aliphatic rings. The molecule has 0 spiro atoms. The Morgan fingerprint density at radius 3 is 2.44 bits per heavy atom. The second-order valence-electron chi connectivity index (χ2n) is 8.06. The molecule has 0 unspecified atom stereocenters. The monoisotopic (exact) mass is 500 g/mol. The zero-order chi connectivity index (χ0) is 24.3. The summed E-state index contributed by atoms with van der Waals surface area (Å²) in [6.07, 6.45) is 1.47. The molecular weight excluding hydrogens is 483 g/mol. The molecule has 2 heterocycles. The lowest BCUT2D eigenvalue weighted by Gasteiger charge is -2.41. The smallest absolute Gasteiger partial charge is 0.346 e. The van der Waals surface area contributed by atoms with Crippen molar-refractivity contribution in [1.29, 1.82) is 0 Å². The van der Waals surface area contributed by atoms with Gasteiger partial charge in [-0.05, 0) is 43.0 Å². The number of aromatic carboxylic acids is 1. The Bertz CT molecular complexity index is 1680. The quantitative estimate of drug-likeness (QED) is 0.405. The summed E-state index contributed by atoms with van der Waals surface area (Å²) in [5.41, 5.74) is -2.00. The highest BCUT2D eigenvalue weighted by Gasteiger charge is 2.51. The van der Waals surface area contributed by atoms with Crippen LogP contribution in [0.2, 0.25) is 0 Å². The van der Waals surface area contributed by atoms with Crippen LogP contribution in [0.25, 0.3) is 16.6 Å². The second kappa shape index (κ2) is 7.74. The summed E-state index contributed by atoms with van der Waals surface area (Å²) in [5.74, 6) is -2.37. The molecule has 0 amide bonds. The number of nitrogens with one attached hydrogen (secondary N) is 1. The SMILES string of the molecule is O=C(O)c1scc2[nH]c(=O)n(-c3cc(S(=O)(=O)C4(c5ccccc5)CCC4)ccc3F)c(=O)c12. The number of hydrogen-bond acceptors (Lipinski definition) is 6. The minimum Gasteiger partial charge on any atom is -0.477 e. The molecule has 2 N–H and O–H groups in total. The largest absolute Gasteiger partial charge is 0.477 e. The molecule has 2 aromatic heterocycles. The third-order valence-corrected chi connectivity index (χ3v) is 9.81. The third kappa shape index (κ3) is 3.07. The number of aromatic amines is 1. The van der Waals surface area contributed by atoms with Gasteiger partial charge in [0.25, 0.3) is 5.56 Å². The summed E-state index contributed by atoms with van der Waals surface area (Å²) >= 11 is 0.748. The Balaban J connectivity index is 1.73. The maximum absolute atomic E-state index is 14.9. The first kappa shape index (κ1) is 22.2. The van der Waals surface area contributed by atoms with Gasteiger partial charge in [0.15, 0.2) is 9.84 Å². The molecule has 2 aromatic carbocycles. The van der Waals surface area contributed by atoms with Crippen molar-refractivity contribution in [2.75, 3.05) is 0 Å². The van der Waals surface area contributed by atoms with Gasteiger partial charge in [-0.3, -0.25) is 4.79 Å². The van der Waals surface area contributed by atoms with Gasteiger partial charge in [0.1, 0.15) is 15.4 Å². The number of aromatic nitrogens is 2. The lowest BCUT2D eigenvalue weighted by atomic mass is 9.79. The van der Waals surface area contributed by atoms with E-state index in [-0.39, 0.29) is 20.7 Å². The topological polar surface area (TPSA) is 126 Å². The fraction of sp³-hybridized carbons (Fsp3) is 0.174. The summed E-state index contributed by atoms with van der Waals surface area (Å²) in [7, 11) is -4.03. The van der Waals surface area contributed by atoms with Gasteiger partial charge in [-0.2, -0.15) is 0 Å². The average Bonchev–Trinajstić information content (AvgIpc) is 3.19. The van der Waals surface area contributed by atoms with Gasteiger partial charge in [0.2, 0.25) is 0 Å². The maximum atomic E-state index is 14.9. The van der Waals surface area contributed by atoms with Gasteiger partial charge in [0, 0.05) is 5.38 Å². The van der Waals surface area contributed by atoms with Crippen LogP contribution in [0, 0.1) is 5.82 Å². The van der Waals surface area contributed by atoms with Gasteiger partial charge in [-0.15, -0.1) is 11.3 Å². The number of rotatable bonds is 5. The number of halogens is 1. The van der Waals surface area contributed by atoms with Gasteiger partial charge in [-0.1, -0.05) is 30.3 Å². The molecule has 0 aliphatic heterocycles. The van der Waals surface area contributed by atoms with Crippen LogP contribution >= 0.6 is 11.3 Å². The number of fused-ring (bicyclic) bond motifs is 1. The minimum atomic E-state index is -4.03. The molecule has 0 atom stereocenters. The molecule has 4 aromatic rings. The van der Waals surface area contributed by atoms with Crippen LogP contribution in [0.3, 0.4) is 0 Å². The van der Waals surface area contributed by atoms with Crippen molar-refractivity contribution in [1.82, 2.24) is 9.55 Å². The van der Waals surface area contributed by atoms with E-state index >= 15 is 0 Å². The maximum Gasteiger partial charge on any atom is 0.346 e. The van der Waals surface area contributed by atoms with E-state index in [9.17, 15) is 32.3 Å². The molecule has 1 fully saturated rings. The van der Waals surface area contributed by atoms with Crippen LogP contribution in [-0.2, 0) is 14.6 Å². The van der Waals surface area contributed by atoms with Crippen molar-refractivity contribution < 1.29 is 22.7 Å². The predicted octanol–water partition coefficient (Wildman–Crippen LogP) is 3.43. The van der Waals surface area contributed by atoms with Crippen LogP contribution in [0.5, 0.6) is 0 Å².